The summed E-state index contributed by atoms with van der Waals surface area (Å²) in [6.07, 6.45) is 1.50. The van der Waals surface area contributed by atoms with Crippen LogP contribution in [-0.2, 0) is 4.79 Å². The molecule has 0 aliphatic rings. The summed E-state index contributed by atoms with van der Waals surface area (Å²) in [4.78, 5) is 11.5. The highest BCUT2D eigenvalue weighted by atomic mass is 35.5. The molecular formula is C11H15ClN6O. The summed E-state index contributed by atoms with van der Waals surface area (Å²) in [6, 6.07) is 4.94. The van der Waals surface area contributed by atoms with E-state index in [0.717, 1.165) is 11.3 Å². The molecule has 1 amide bonds. The van der Waals surface area contributed by atoms with Crippen molar-refractivity contribution in [3.63, 3.8) is 0 Å². The normalized spacial score (nSPS) is 11.5. The van der Waals surface area contributed by atoms with Crippen LogP contribution in [0.15, 0.2) is 24.5 Å². The number of tetrazole rings is 1. The van der Waals surface area contributed by atoms with E-state index in [9.17, 15) is 4.79 Å². The number of carbonyl (C=O) groups excluding carboxylic acids is 1. The van der Waals surface area contributed by atoms with Gasteiger partial charge < -0.3 is 11.1 Å². The lowest BCUT2D eigenvalue weighted by atomic mass is 10.1. The van der Waals surface area contributed by atoms with E-state index < -0.39 is 6.04 Å². The van der Waals surface area contributed by atoms with Crippen LogP contribution in [0.4, 0.5) is 5.69 Å². The first-order chi connectivity index (χ1) is 8.58. The van der Waals surface area contributed by atoms with E-state index in [1.165, 1.54) is 11.0 Å². The molecule has 0 saturated heterocycles. The van der Waals surface area contributed by atoms with Gasteiger partial charge in [-0.25, -0.2) is 4.68 Å². The molecule has 2 aromatic rings. The summed E-state index contributed by atoms with van der Waals surface area (Å²) in [5.41, 5.74) is 7.97. The van der Waals surface area contributed by atoms with Gasteiger partial charge in [-0.3, -0.25) is 4.79 Å². The van der Waals surface area contributed by atoms with E-state index in [1.54, 1.807) is 13.0 Å². The lowest BCUT2D eigenvalue weighted by molar-refractivity contribution is -0.117. The third-order valence-electron chi connectivity index (χ3n) is 2.49. The zero-order chi connectivity index (χ0) is 13.1. The van der Waals surface area contributed by atoms with Gasteiger partial charge in [0.1, 0.15) is 6.33 Å². The zero-order valence-electron chi connectivity index (χ0n) is 10.6. The number of amides is 1. The van der Waals surface area contributed by atoms with E-state index in [0.29, 0.717) is 5.69 Å². The minimum Gasteiger partial charge on any atom is -0.325 e. The summed E-state index contributed by atoms with van der Waals surface area (Å²) >= 11 is 0. The van der Waals surface area contributed by atoms with Gasteiger partial charge in [-0.15, -0.1) is 17.5 Å². The molecule has 1 atom stereocenters. The number of aryl methyl sites for hydroxylation is 1. The Kier molecular flexibility index (Phi) is 4.96. The minimum absolute atomic E-state index is 0. The molecule has 0 aliphatic carbocycles. The van der Waals surface area contributed by atoms with Crippen LogP contribution in [0.3, 0.4) is 0 Å². The van der Waals surface area contributed by atoms with Crippen LogP contribution < -0.4 is 11.1 Å². The number of nitrogens with one attached hydrogen (secondary N) is 1. The Bertz CT molecular complexity index is 554. The molecule has 1 heterocycles. The largest absolute Gasteiger partial charge is 0.325 e. The number of rotatable bonds is 3. The molecule has 8 heteroatoms. The lowest BCUT2D eigenvalue weighted by Gasteiger charge is -2.10. The molecule has 0 aliphatic heterocycles. The van der Waals surface area contributed by atoms with Crippen molar-refractivity contribution in [2.24, 2.45) is 5.73 Å². The van der Waals surface area contributed by atoms with Gasteiger partial charge in [0.25, 0.3) is 0 Å². The predicted molar refractivity (Wildman–Crippen MR) is 73.4 cm³/mol. The van der Waals surface area contributed by atoms with Gasteiger partial charge in [-0.2, -0.15) is 0 Å². The van der Waals surface area contributed by atoms with Crippen molar-refractivity contribution in [1.29, 1.82) is 0 Å². The Hall–Kier alpha value is -1.99. The fraction of sp³-hybridized carbons (Fsp3) is 0.273. The Balaban J connectivity index is 0.00000180. The number of nitrogens with two attached hydrogens (primary N) is 1. The van der Waals surface area contributed by atoms with Crippen molar-refractivity contribution < 1.29 is 4.79 Å². The summed E-state index contributed by atoms with van der Waals surface area (Å²) in [7, 11) is 0. The van der Waals surface area contributed by atoms with Gasteiger partial charge in [-0.05, 0) is 42.0 Å². The highest BCUT2D eigenvalue weighted by Crippen LogP contribution is 2.18. The zero-order valence-corrected chi connectivity index (χ0v) is 11.4. The van der Waals surface area contributed by atoms with Crippen molar-refractivity contribution in [2.45, 2.75) is 19.9 Å². The molecule has 102 valence electrons. The lowest BCUT2D eigenvalue weighted by Crippen LogP contribution is -2.32. The number of carbonyl (C=O) groups is 1. The maximum Gasteiger partial charge on any atom is 0.240 e. The van der Waals surface area contributed by atoms with Crippen molar-refractivity contribution in [1.82, 2.24) is 20.2 Å². The molecule has 0 radical (unpaired) electrons. The first-order valence-corrected chi connectivity index (χ1v) is 5.48. The Morgan fingerprint density at radius 3 is 2.79 bits per heavy atom. The molecule has 0 fully saturated rings. The standard InChI is InChI=1S/C11H14N6O.ClH/c1-7-3-4-9(14-11(18)8(2)12)5-10(7)17-6-13-15-16-17;/h3-6,8H,12H2,1-2H3,(H,14,18);1H/t8-;/m1./s1. The molecule has 1 aromatic carbocycles. The Morgan fingerprint density at radius 1 is 1.47 bits per heavy atom. The van der Waals surface area contributed by atoms with Gasteiger partial charge in [0.2, 0.25) is 5.91 Å². The van der Waals surface area contributed by atoms with E-state index in [1.807, 2.05) is 19.1 Å². The van der Waals surface area contributed by atoms with E-state index in [-0.39, 0.29) is 18.3 Å². The quantitative estimate of drug-likeness (QED) is 0.862. The second kappa shape index (κ2) is 6.26. The fourth-order valence-corrected chi connectivity index (χ4v) is 1.46. The van der Waals surface area contributed by atoms with Crippen LogP contribution in [0.5, 0.6) is 0 Å². The van der Waals surface area contributed by atoms with E-state index >= 15 is 0 Å². The van der Waals surface area contributed by atoms with Crippen molar-refractivity contribution >= 4 is 24.0 Å². The van der Waals surface area contributed by atoms with Crippen LogP contribution in [0.2, 0.25) is 0 Å². The number of halogens is 1. The van der Waals surface area contributed by atoms with Crippen molar-refractivity contribution in [3.05, 3.63) is 30.1 Å². The minimum atomic E-state index is -0.553. The second-order valence-electron chi connectivity index (χ2n) is 4.03. The van der Waals surface area contributed by atoms with Gasteiger partial charge in [0.15, 0.2) is 0 Å². The number of hydrogen-bond acceptors (Lipinski definition) is 5. The molecule has 0 unspecified atom stereocenters. The molecule has 7 nitrogen and oxygen atoms in total. The molecule has 3 N–H and O–H groups in total. The second-order valence-corrected chi connectivity index (χ2v) is 4.03. The van der Waals surface area contributed by atoms with Crippen LogP contribution >= 0.6 is 12.4 Å². The van der Waals surface area contributed by atoms with Gasteiger partial charge >= 0.3 is 0 Å². The highest BCUT2D eigenvalue weighted by Gasteiger charge is 2.09. The highest BCUT2D eigenvalue weighted by molar-refractivity contribution is 5.94. The maximum absolute atomic E-state index is 11.5. The fourth-order valence-electron chi connectivity index (χ4n) is 1.46. The monoisotopic (exact) mass is 282 g/mol. The Labute approximate surface area is 116 Å². The third kappa shape index (κ3) is 3.49. The number of aromatic nitrogens is 4. The predicted octanol–water partition coefficient (Wildman–Crippen LogP) is 0.678. The van der Waals surface area contributed by atoms with Crippen molar-refractivity contribution in [3.8, 4) is 5.69 Å². The van der Waals surface area contributed by atoms with Crippen molar-refractivity contribution in [2.75, 3.05) is 5.32 Å². The first kappa shape index (κ1) is 15.1. The number of nitrogens with zero attached hydrogens (tertiary/aromatic N) is 4. The SMILES string of the molecule is Cc1ccc(NC(=O)[C@@H](C)N)cc1-n1cnnn1.Cl. The maximum atomic E-state index is 11.5. The first-order valence-electron chi connectivity index (χ1n) is 5.48. The van der Waals surface area contributed by atoms with Crippen LogP contribution in [0, 0.1) is 6.92 Å². The smallest absolute Gasteiger partial charge is 0.240 e. The van der Waals surface area contributed by atoms with Crippen LogP contribution in [0.1, 0.15) is 12.5 Å². The summed E-state index contributed by atoms with van der Waals surface area (Å²) < 4.78 is 1.54. The number of benzene rings is 1. The average molecular weight is 283 g/mol. The van der Waals surface area contributed by atoms with E-state index in [2.05, 4.69) is 20.8 Å². The molecule has 2 rings (SSSR count). The van der Waals surface area contributed by atoms with Crippen LogP contribution in [0.25, 0.3) is 5.69 Å². The Morgan fingerprint density at radius 2 is 2.21 bits per heavy atom. The topological polar surface area (TPSA) is 98.7 Å². The van der Waals surface area contributed by atoms with Gasteiger partial charge in [0.05, 0.1) is 11.7 Å². The molecule has 0 spiro atoms. The van der Waals surface area contributed by atoms with Crippen LogP contribution in [-0.4, -0.2) is 32.2 Å². The molecular weight excluding hydrogens is 268 g/mol. The molecule has 0 bridgehead atoms. The van der Waals surface area contributed by atoms with E-state index in [4.69, 9.17) is 5.73 Å². The van der Waals surface area contributed by atoms with Gasteiger partial charge in [0, 0.05) is 5.69 Å². The van der Waals surface area contributed by atoms with Gasteiger partial charge in [-0.1, -0.05) is 6.07 Å². The average Bonchev–Trinajstić information content (AvgIpc) is 2.85. The number of hydrogen-bond donors (Lipinski definition) is 2. The molecule has 0 saturated carbocycles. The summed E-state index contributed by atoms with van der Waals surface area (Å²) in [6.45, 7) is 3.57. The summed E-state index contributed by atoms with van der Waals surface area (Å²) in [5.74, 6) is -0.235. The molecule has 1 aromatic heterocycles. The third-order valence-corrected chi connectivity index (χ3v) is 2.49. The number of anilines is 1. The summed E-state index contributed by atoms with van der Waals surface area (Å²) in [5, 5.41) is 13.7. The molecule has 19 heavy (non-hydrogen) atoms.